The predicted octanol–water partition coefficient (Wildman–Crippen LogP) is 4.05. The molecule has 0 N–H and O–H groups in total. The number of carbonyl (C=O) groups is 1. The average Bonchev–Trinajstić information content (AvgIpc) is 2.66. The molecule has 0 aliphatic heterocycles. The molecule has 0 fully saturated rings. The molecule has 2 aromatic carbocycles. The lowest BCUT2D eigenvalue weighted by molar-refractivity contribution is 0.0918. The molecular formula is C22H21N3O2. The number of rotatable bonds is 5. The van der Waals surface area contributed by atoms with Crippen molar-refractivity contribution in [3.63, 3.8) is 0 Å². The number of nitrogens with zero attached hydrogens (tertiary/aromatic N) is 3. The molecule has 5 nitrogen and oxygen atoms in total. The highest BCUT2D eigenvalue weighted by Crippen LogP contribution is 2.24. The minimum atomic E-state index is -0.167. The van der Waals surface area contributed by atoms with Crippen molar-refractivity contribution in [3.8, 4) is 11.9 Å². The third-order valence-corrected chi connectivity index (χ3v) is 4.56. The highest BCUT2D eigenvalue weighted by Gasteiger charge is 2.13. The van der Waals surface area contributed by atoms with Crippen molar-refractivity contribution in [2.24, 2.45) is 0 Å². The highest BCUT2D eigenvalue weighted by molar-refractivity contribution is 5.97. The number of aromatic nitrogens is 1. The smallest absolute Gasteiger partial charge is 0.232 e. The van der Waals surface area contributed by atoms with Gasteiger partial charge in [-0.3, -0.25) is 4.79 Å². The molecule has 0 unspecified atom stereocenters. The second-order valence-corrected chi connectivity index (χ2v) is 6.74. The van der Waals surface area contributed by atoms with Gasteiger partial charge >= 0.3 is 0 Å². The molecule has 136 valence electrons. The molecule has 0 aliphatic rings. The normalized spacial score (nSPS) is 10.5. The van der Waals surface area contributed by atoms with E-state index in [2.05, 4.69) is 11.1 Å². The number of hydrogen-bond donors (Lipinski definition) is 0. The molecule has 0 spiro atoms. The lowest BCUT2D eigenvalue weighted by Gasteiger charge is -2.12. The Morgan fingerprint density at radius 1 is 1.11 bits per heavy atom. The Morgan fingerprint density at radius 2 is 1.78 bits per heavy atom. The van der Waals surface area contributed by atoms with Gasteiger partial charge in [-0.15, -0.1) is 0 Å². The van der Waals surface area contributed by atoms with E-state index in [1.807, 2.05) is 57.1 Å². The van der Waals surface area contributed by atoms with E-state index in [0.717, 1.165) is 27.7 Å². The van der Waals surface area contributed by atoms with Gasteiger partial charge in [0, 0.05) is 30.7 Å². The summed E-state index contributed by atoms with van der Waals surface area (Å²) >= 11 is 0. The molecule has 0 saturated heterocycles. The molecule has 0 radical (unpaired) electrons. The van der Waals surface area contributed by atoms with E-state index in [4.69, 9.17) is 4.74 Å². The second kappa shape index (κ2) is 7.46. The van der Waals surface area contributed by atoms with Gasteiger partial charge in [-0.25, -0.2) is 4.98 Å². The summed E-state index contributed by atoms with van der Waals surface area (Å²) in [7, 11) is 3.88. The van der Waals surface area contributed by atoms with Crippen molar-refractivity contribution < 1.29 is 9.53 Å². The first-order valence-electron chi connectivity index (χ1n) is 8.64. The number of hydrogen-bond acceptors (Lipinski definition) is 5. The zero-order valence-corrected chi connectivity index (χ0v) is 15.9. The van der Waals surface area contributed by atoms with Crippen LogP contribution >= 0.6 is 0 Å². The molecule has 0 amide bonds. The van der Waals surface area contributed by atoms with Crippen LogP contribution in [-0.4, -0.2) is 31.5 Å². The minimum absolute atomic E-state index is 0.161. The van der Waals surface area contributed by atoms with E-state index in [1.165, 1.54) is 0 Å². The number of nitriles is 1. The summed E-state index contributed by atoms with van der Waals surface area (Å²) in [6.07, 6.45) is 0. The van der Waals surface area contributed by atoms with E-state index in [9.17, 15) is 10.1 Å². The highest BCUT2D eigenvalue weighted by atomic mass is 16.5. The van der Waals surface area contributed by atoms with Gasteiger partial charge in [0.1, 0.15) is 11.6 Å². The van der Waals surface area contributed by atoms with Crippen LogP contribution in [0.3, 0.4) is 0 Å². The number of pyridine rings is 1. The summed E-state index contributed by atoms with van der Waals surface area (Å²) in [5.41, 5.74) is 4.89. The molecule has 1 aromatic heterocycles. The van der Waals surface area contributed by atoms with Crippen LogP contribution in [0.4, 0.5) is 5.69 Å². The van der Waals surface area contributed by atoms with Gasteiger partial charge in [0.05, 0.1) is 5.52 Å². The summed E-state index contributed by atoms with van der Waals surface area (Å²) in [6.45, 7) is 3.86. The lowest BCUT2D eigenvalue weighted by atomic mass is 10.1. The lowest BCUT2D eigenvalue weighted by Crippen LogP contribution is -2.14. The van der Waals surface area contributed by atoms with Gasteiger partial charge in [0.25, 0.3) is 0 Å². The van der Waals surface area contributed by atoms with Crippen LogP contribution in [0, 0.1) is 25.2 Å². The number of carbonyl (C=O) groups excluding carboxylic acids is 1. The van der Waals surface area contributed by atoms with Gasteiger partial charge in [-0.2, -0.15) is 5.26 Å². The second-order valence-electron chi connectivity index (χ2n) is 6.74. The first-order chi connectivity index (χ1) is 12.9. The summed E-state index contributed by atoms with van der Waals surface area (Å²) in [6, 6.07) is 15.1. The molecule has 3 rings (SSSR count). The van der Waals surface area contributed by atoms with Crippen molar-refractivity contribution >= 4 is 22.4 Å². The molecule has 5 heteroatoms. The quantitative estimate of drug-likeness (QED) is 0.643. The van der Waals surface area contributed by atoms with Crippen LogP contribution in [0.1, 0.15) is 27.0 Å². The van der Waals surface area contributed by atoms with Gasteiger partial charge in [-0.05, 0) is 67.4 Å². The number of ether oxygens (including phenoxy) is 1. The fraction of sp³-hybridized carbons (Fsp3) is 0.227. The summed E-state index contributed by atoms with van der Waals surface area (Å²) in [5, 5.41) is 10.3. The van der Waals surface area contributed by atoms with Crippen LogP contribution in [0.25, 0.3) is 10.9 Å². The summed E-state index contributed by atoms with van der Waals surface area (Å²) < 4.78 is 5.61. The van der Waals surface area contributed by atoms with Crippen LogP contribution < -0.4 is 9.64 Å². The maximum absolute atomic E-state index is 12.4. The average molecular weight is 359 g/mol. The predicted molar refractivity (Wildman–Crippen MR) is 107 cm³/mol. The van der Waals surface area contributed by atoms with Crippen molar-refractivity contribution in [1.29, 1.82) is 5.26 Å². The Kier molecular flexibility index (Phi) is 5.09. The number of aryl methyl sites for hydroxylation is 2. The Morgan fingerprint density at radius 3 is 2.41 bits per heavy atom. The van der Waals surface area contributed by atoms with E-state index >= 15 is 0 Å². The monoisotopic (exact) mass is 359 g/mol. The Balaban J connectivity index is 1.82. The zero-order chi connectivity index (χ0) is 19.6. The van der Waals surface area contributed by atoms with E-state index < -0.39 is 0 Å². The number of Topliss-reactive ketones (excluding diaryl/α,β-unsaturated/α-hetero) is 1. The van der Waals surface area contributed by atoms with Crippen molar-refractivity contribution in [3.05, 3.63) is 64.7 Å². The molecular weight excluding hydrogens is 338 g/mol. The van der Waals surface area contributed by atoms with Gasteiger partial charge in [-0.1, -0.05) is 0 Å². The Labute approximate surface area is 158 Å². The fourth-order valence-electron chi connectivity index (χ4n) is 2.78. The van der Waals surface area contributed by atoms with Crippen LogP contribution in [-0.2, 0) is 0 Å². The van der Waals surface area contributed by atoms with Crippen LogP contribution in [0.5, 0.6) is 5.88 Å². The van der Waals surface area contributed by atoms with Crippen LogP contribution in [0.2, 0.25) is 0 Å². The van der Waals surface area contributed by atoms with E-state index in [1.54, 1.807) is 18.2 Å². The minimum Gasteiger partial charge on any atom is -0.468 e. The summed E-state index contributed by atoms with van der Waals surface area (Å²) in [4.78, 5) is 18.8. The molecule has 0 atom stereocenters. The standard InChI is InChI=1S/C22H21N3O2/c1-14-9-17-11-18(12-23)22(24-20(17)10-15(14)2)27-13-21(26)16-5-7-19(8-6-16)25(3)4/h5-11H,13H2,1-4H3. The fourth-order valence-corrected chi connectivity index (χ4v) is 2.78. The van der Waals surface area contributed by atoms with Crippen molar-refractivity contribution in [2.45, 2.75) is 13.8 Å². The first kappa shape index (κ1) is 18.4. The van der Waals surface area contributed by atoms with Crippen LogP contribution in [0.15, 0.2) is 42.5 Å². The number of ketones is 1. The van der Waals surface area contributed by atoms with Gasteiger partial charge in [0.15, 0.2) is 12.4 Å². The van der Waals surface area contributed by atoms with Gasteiger partial charge < -0.3 is 9.64 Å². The number of benzene rings is 2. The first-order valence-corrected chi connectivity index (χ1v) is 8.64. The maximum atomic E-state index is 12.4. The molecule has 0 bridgehead atoms. The largest absolute Gasteiger partial charge is 0.468 e. The molecule has 0 saturated carbocycles. The Bertz CT molecular complexity index is 1050. The number of fused-ring (bicyclic) bond motifs is 1. The van der Waals surface area contributed by atoms with Gasteiger partial charge in [0.2, 0.25) is 5.88 Å². The topological polar surface area (TPSA) is 66.2 Å². The number of anilines is 1. The van der Waals surface area contributed by atoms with Crippen molar-refractivity contribution in [1.82, 2.24) is 4.98 Å². The van der Waals surface area contributed by atoms with Crippen molar-refractivity contribution in [2.75, 3.05) is 25.6 Å². The maximum Gasteiger partial charge on any atom is 0.232 e. The molecule has 3 aromatic rings. The SMILES string of the molecule is Cc1cc2cc(C#N)c(OCC(=O)c3ccc(N(C)C)cc3)nc2cc1C. The summed E-state index contributed by atoms with van der Waals surface area (Å²) in [5.74, 6) is 0.0256. The third-order valence-electron chi connectivity index (χ3n) is 4.56. The zero-order valence-electron chi connectivity index (χ0n) is 15.9. The van der Waals surface area contributed by atoms with E-state index in [0.29, 0.717) is 11.1 Å². The molecule has 1 heterocycles. The molecule has 27 heavy (non-hydrogen) atoms. The van der Waals surface area contributed by atoms with E-state index in [-0.39, 0.29) is 18.3 Å². The molecule has 0 aliphatic carbocycles. The Hall–Kier alpha value is -3.39. The third kappa shape index (κ3) is 3.90.